The third-order valence-corrected chi connectivity index (χ3v) is 8.05. The van der Waals surface area contributed by atoms with Crippen LogP contribution in [-0.4, -0.2) is 50.0 Å². The topological polar surface area (TPSA) is 86.8 Å². The molecule has 0 aromatic heterocycles. The van der Waals surface area contributed by atoms with E-state index in [4.69, 9.17) is 0 Å². The summed E-state index contributed by atoms with van der Waals surface area (Å²) in [5.41, 5.74) is 2.28. The number of anilines is 1. The SMILES string of the molecule is Cc1ccc(N(CCCC(=O)N(Cc2ccc(F)cc2)C(C)C(=O)NC2CCCCC2)S(C)(=O)=O)cc1. The van der Waals surface area contributed by atoms with Crippen LogP contribution in [0.4, 0.5) is 10.1 Å². The van der Waals surface area contributed by atoms with Gasteiger partial charge in [-0.25, -0.2) is 12.8 Å². The molecular weight excluding hydrogens is 493 g/mol. The number of amides is 2. The Morgan fingerprint density at radius 2 is 1.65 bits per heavy atom. The van der Waals surface area contributed by atoms with Gasteiger partial charge in [-0.05, 0) is 62.9 Å². The molecule has 1 atom stereocenters. The minimum absolute atomic E-state index is 0.0696. The van der Waals surface area contributed by atoms with E-state index in [1.807, 2.05) is 19.1 Å². The summed E-state index contributed by atoms with van der Waals surface area (Å²) in [6, 6.07) is 12.4. The van der Waals surface area contributed by atoms with E-state index in [0.717, 1.165) is 37.5 Å². The fraction of sp³-hybridized carbons (Fsp3) is 0.500. The second-order valence-electron chi connectivity index (χ2n) is 9.94. The first-order valence-electron chi connectivity index (χ1n) is 12.9. The van der Waals surface area contributed by atoms with E-state index in [1.54, 1.807) is 31.2 Å². The van der Waals surface area contributed by atoms with Crippen molar-refractivity contribution in [1.82, 2.24) is 10.2 Å². The van der Waals surface area contributed by atoms with Gasteiger partial charge in [0.1, 0.15) is 11.9 Å². The lowest BCUT2D eigenvalue weighted by Crippen LogP contribution is -2.50. The van der Waals surface area contributed by atoms with Crippen LogP contribution in [0, 0.1) is 12.7 Å². The molecule has 2 aromatic rings. The van der Waals surface area contributed by atoms with E-state index in [0.29, 0.717) is 11.3 Å². The van der Waals surface area contributed by atoms with Gasteiger partial charge < -0.3 is 10.2 Å². The molecule has 1 unspecified atom stereocenters. The number of halogens is 1. The number of benzene rings is 2. The molecule has 1 saturated carbocycles. The Bertz CT molecular complexity index is 1150. The minimum atomic E-state index is -3.54. The maximum atomic E-state index is 13.4. The predicted octanol–water partition coefficient (Wildman–Crippen LogP) is 4.55. The van der Waals surface area contributed by atoms with Crippen molar-refractivity contribution in [2.24, 2.45) is 0 Å². The number of sulfonamides is 1. The summed E-state index contributed by atoms with van der Waals surface area (Å²) in [4.78, 5) is 27.9. The van der Waals surface area contributed by atoms with Crippen LogP contribution in [0.15, 0.2) is 48.5 Å². The molecule has 1 aliphatic carbocycles. The maximum absolute atomic E-state index is 13.4. The fourth-order valence-electron chi connectivity index (χ4n) is 4.65. The average Bonchev–Trinajstić information content (AvgIpc) is 2.86. The molecule has 202 valence electrons. The predicted molar refractivity (Wildman–Crippen MR) is 144 cm³/mol. The van der Waals surface area contributed by atoms with Crippen LogP contribution in [0.3, 0.4) is 0 Å². The van der Waals surface area contributed by atoms with Crippen molar-refractivity contribution in [1.29, 1.82) is 0 Å². The molecule has 0 aliphatic heterocycles. The quantitative estimate of drug-likeness (QED) is 0.461. The monoisotopic (exact) mass is 531 g/mol. The van der Waals surface area contributed by atoms with Crippen molar-refractivity contribution in [3.05, 3.63) is 65.5 Å². The molecule has 1 N–H and O–H groups in total. The summed E-state index contributed by atoms with van der Waals surface area (Å²) in [6.07, 6.45) is 6.70. The molecule has 1 aliphatic rings. The number of nitrogens with one attached hydrogen (secondary N) is 1. The van der Waals surface area contributed by atoms with Crippen LogP contribution >= 0.6 is 0 Å². The van der Waals surface area contributed by atoms with Crippen molar-refractivity contribution in [2.75, 3.05) is 17.1 Å². The number of carbonyl (C=O) groups excluding carboxylic acids is 2. The van der Waals surface area contributed by atoms with E-state index in [2.05, 4.69) is 5.32 Å². The zero-order chi connectivity index (χ0) is 27.0. The molecule has 9 heteroatoms. The Kier molecular flexibility index (Phi) is 10.1. The van der Waals surface area contributed by atoms with Crippen LogP contribution < -0.4 is 9.62 Å². The zero-order valence-corrected chi connectivity index (χ0v) is 22.8. The van der Waals surface area contributed by atoms with Crippen molar-refractivity contribution in [3.8, 4) is 0 Å². The van der Waals surface area contributed by atoms with Crippen LogP contribution in [-0.2, 0) is 26.2 Å². The Balaban J connectivity index is 1.70. The molecule has 0 saturated heterocycles. The van der Waals surface area contributed by atoms with E-state index >= 15 is 0 Å². The zero-order valence-electron chi connectivity index (χ0n) is 22.0. The van der Waals surface area contributed by atoms with E-state index in [9.17, 15) is 22.4 Å². The van der Waals surface area contributed by atoms with Gasteiger partial charge >= 0.3 is 0 Å². The Labute approximate surface area is 220 Å². The highest BCUT2D eigenvalue weighted by atomic mass is 32.2. The molecule has 0 spiro atoms. The number of hydrogen-bond donors (Lipinski definition) is 1. The summed E-state index contributed by atoms with van der Waals surface area (Å²) in [5.74, 6) is -0.838. The summed E-state index contributed by atoms with van der Waals surface area (Å²) in [6.45, 7) is 3.93. The van der Waals surface area contributed by atoms with Gasteiger partial charge in [0.2, 0.25) is 21.8 Å². The number of hydrogen-bond acceptors (Lipinski definition) is 4. The van der Waals surface area contributed by atoms with Gasteiger partial charge in [-0.15, -0.1) is 0 Å². The van der Waals surface area contributed by atoms with Gasteiger partial charge in [0.25, 0.3) is 0 Å². The Morgan fingerprint density at radius 3 is 2.24 bits per heavy atom. The normalized spacial score (nSPS) is 15.1. The molecule has 3 rings (SSSR count). The van der Waals surface area contributed by atoms with Crippen molar-refractivity contribution >= 4 is 27.5 Å². The second kappa shape index (κ2) is 13.0. The standard InChI is InChI=1S/C28H38FN3O4S/c1-21-11-17-26(18-12-21)32(37(3,35)36)19-7-10-27(33)31(20-23-13-15-24(29)16-14-23)22(2)28(34)30-25-8-5-4-6-9-25/h11-18,22,25H,4-10,19-20H2,1-3H3,(H,30,34). The van der Waals surface area contributed by atoms with Gasteiger partial charge in [-0.2, -0.15) is 0 Å². The van der Waals surface area contributed by atoms with Crippen molar-refractivity contribution in [3.63, 3.8) is 0 Å². The van der Waals surface area contributed by atoms with Gasteiger partial charge in [-0.1, -0.05) is 49.1 Å². The Hall–Kier alpha value is -2.94. The van der Waals surface area contributed by atoms with Gasteiger partial charge in [0.05, 0.1) is 11.9 Å². The summed E-state index contributed by atoms with van der Waals surface area (Å²) in [7, 11) is -3.54. The smallest absolute Gasteiger partial charge is 0.242 e. The highest BCUT2D eigenvalue weighted by Crippen LogP contribution is 2.21. The number of aryl methyl sites for hydroxylation is 1. The molecule has 1 fully saturated rings. The first-order chi connectivity index (χ1) is 17.5. The summed E-state index contributed by atoms with van der Waals surface area (Å²) >= 11 is 0. The molecule has 0 bridgehead atoms. The number of carbonyl (C=O) groups is 2. The highest BCUT2D eigenvalue weighted by Gasteiger charge is 2.28. The fourth-order valence-corrected chi connectivity index (χ4v) is 5.62. The van der Waals surface area contributed by atoms with Crippen LogP contribution in [0.2, 0.25) is 0 Å². The van der Waals surface area contributed by atoms with Crippen molar-refractivity contribution < 1.29 is 22.4 Å². The third-order valence-electron chi connectivity index (χ3n) is 6.86. The molecule has 2 aromatic carbocycles. The van der Waals surface area contributed by atoms with Crippen molar-refractivity contribution in [2.45, 2.75) is 77.4 Å². The molecule has 0 heterocycles. The molecule has 0 radical (unpaired) electrons. The van der Waals surface area contributed by atoms with Crippen LogP contribution in [0.25, 0.3) is 0 Å². The minimum Gasteiger partial charge on any atom is -0.352 e. The third kappa shape index (κ3) is 8.55. The maximum Gasteiger partial charge on any atom is 0.242 e. The average molecular weight is 532 g/mol. The van der Waals surface area contributed by atoms with Crippen LogP contribution in [0.5, 0.6) is 0 Å². The largest absolute Gasteiger partial charge is 0.352 e. The van der Waals surface area contributed by atoms with E-state index in [1.165, 1.54) is 27.8 Å². The molecule has 2 amide bonds. The lowest BCUT2D eigenvalue weighted by molar-refractivity contribution is -0.141. The first-order valence-corrected chi connectivity index (χ1v) is 14.8. The molecule has 37 heavy (non-hydrogen) atoms. The summed E-state index contributed by atoms with van der Waals surface area (Å²) in [5, 5.41) is 3.09. The number of nitrogens with zero attached hydrogens (tertiary/aromatic N) is 2. The lowest BCUT2D eigenvalue weighted by atomic mass is 9.95. The second-order valence-corrected chi connectivity index (χ2v) is 11.8. The van der Waals surface area contributed by atoms with Crippen LogP contribution in [0.1, 0.15) is 63.0 Å². The van der Waals surface area contributed by atoms with E-state index < -0.39 is 16.1 Å². The van der Waals surface area contributed by atoms with E-state index in [-0.39, 0.29) is 49.6 Å². The van der Waals surface area contributed by atoms with Gasteiger partial charge in [0, 0.05) is 25.6 Å². The number of rotatable bonds is 11. The summed E-state index contributed by atoms with van der Waals surface area (Å²) < 4.78 is 39.6. The highest BCUT2D eigenvalue weighted by molar-refractivity contribution is 7.92. The molecule has 7 nitrogen and oxygen atoms in total. The Morgan fingerprint density at radius 1 is 1.03 bits per heavy atom. The van der Waals surface area contributed by atoms with Gasteiger partial charge in [0.15, 0.2) is 0 Å². The first kappa shape index (κ1) is 28.6. The lowest BCUT2D eigenvalue weighted by Gasteiger charge is -2.31. The molecular formula is C28H38FN3O4S. The van der Waals surface area contributed by atoms with Gasteiger partial charge in [-0.3, -0.25) is 13.9 Å².